The number of hydrogen-bond donors (Lipinski definition) is 1. The Morgan fingerprint density at radius 3 is 2.55 bits per heavy atom. The molecule has 0 atom stereocenters. The molecule has 33 heavy (non-hydrogen) atoms. The van der Waals surface area contributed by atoms with E-state index in [4.69, 9.17) is 4.98 Å². The number of carbonyl (C=O) groups excluding carboxylic acids is 1. The Morgan fingerprint density at radius 2 is 1.88 bits per heavy atom. The minimum absolute atomic E-state index is 0.0446. The molecule has 1 N–H and O–H groups in total. The van der Waals surface area contributed by atoms with Crippen molar-refractivity contribution in [3.63, 3.8) is 0 Å². The number of hydrogen-bond acceptors (Lipinski definition) is 4. The third-order valence-corrected chi connectivity index (χ3v) is 6.59. The fourth-order valence-electron chi connectivity index (χ4n) is 4.40. The molecule has 0 spiro atoms. The molecule has 4 heterocycles. The van der Waals surface area contributed by atoms with Crippen LogP contribution < -0.4 is 5.56 Å². The van der Waals surface area contributed by atoms with Gasteiger partial charge in [0.15, 0.2) is 5.65 Å². The van der Waals surface area contributed by atoms with Gasteiger partial charge in [0.25, 0.3) is 11.5 Å². The molecule has 1 amide bonds. The molecule has 0 unspecified atom stereocenters. The van der Waals surface area contributed by atoms with Gasteiger partial charge in [0, 0.05) is 42.5 Å². The summed E-state index contributed by atoms with van der Waals surface area (Å²) in [4.78, 5) is 36.4. The quantitative estimate of drug-likeness (QED) is 0.417. The van der Waals surface area contributed by atoms with Crippen molar-refractivity contribution in [2.75, 3.05) is 13.1 Å². The Hall–Kier alpha value is -3.33. The van der Waals surface area contributed by atoms with Crippen LogP contribution in [0.25, 0.3) is 16.8 Å². The lowest BCUT2D eigenvalue weighted by atomic mass is 9.93. The summed E-state index contributed by atoms with van der Waals surface area (Å²) in [7, 11) is 0. The molecule has 0 bridgehead atoms. The molecule has 168 valence electrons. The van der Waals surface area contributed by atoms with E-state index in [1.165, 1.54) is 16.6 Å². The number of pyridine rings is 1. The van der Waals surface area contributed by atoms with Crippen LogP contribution in [-0.2, 0) is 0 Å². The zero-order valence-electron chi connectivity index (χ0n) is 17.9. The molecular weight excluding hydrogens is 489 g/mol. The van der Waals surface area contributed by atoms with Crippen LogP contribution in [0.1, 0.15) is 40.5 Å². The number of fused-ring (bicyclic) bond motifs is 1. The van der Waals surface area contributed by atoms with E-state index < -0.39 is 0 Å². The molecule has 9 heteroatoms. The van der Waals surface area contributed by atoms with Gasteiger partial charge in [-0.2, -0.15) is 0 Å². The average Bonchev–Trinajstić information content (AvgIpc) is 3.16. The minimum atomic E-state index is -0.317. The number of aromatic nitrogens is 4. The highest BCUT2D eigenvalue weighted by molar-refractivity contribution is 9.10. The Kier molecular flexibility index (Phi) is 5.57. The fourth-order valence-corrected chi connectivity index (χ4v) is 4.64. The van der Waals surface area contributed by atoms with Crippen LogP contribution in [0.2, 0.25) is 0 Å². The average molecular weight is 510 g/mol. The van der Waals surface area contributed by atoms with Gasteiger partial charge in [0.1, 0.15) is 10.4 Å². The molecule has 3 aromatic heterocycles. The Labute approximate surface area is 197 Å². The maximum atomic E-state index is 13.4. The van der Waals surface area contributed by atoms with Crippen LogP contribution in [0.3, 0.4) is 0 Å². The minimum Gasteiger partial charge on any atom is -0.339 e. The van der Waals surface area contributed by atoms with Crippen molar-refractivity contribution >= 4 is 27.5 Å². The Balaban J connectivity index is 1.41. The van der Waals surface area contributed by atoms with Crippen molar-refractivity contribution < 1.29 is 9.18 Å². The SMILES string of the molecule is Cc1[nH]n2c(=O)cc(C3CCN(C(=O)c4ccc(Br)nc4)CC3)nc2c1-c1ccc(F)cc1. The maximum absolute atomic E-state index is 13.4. The van der Waals surface area contributed by atoms with Gasteiger partial charge in [0.05, 0.1) is 11.3 Å². The van der Waals surface area contributed by atoms with Gasteiger partial charge < -0.3 is 4.90 Å². The van der Waals surface area contributed by atoms with Crippen LogP contribution in [-0.4, -0.2) is 43.5 Å². The van der Waals surface area contributed by atoms with Crippen molar-refractivity contribution in [3.05, 3.63) is 86.4 Å². The molecule has 0 saturated carbocycles. The first-order chi connectivity index (χ1) is 15.9. The molecule has 5 rings (SSSR count). The molecule has 7 nitrogen and oxygen atoms in total. The molecule has 1 aliphatic rings. The maximum Gasteiger partial charge on any atom is 0.272 e. The Bertz CT molecular complexity index is 1390. The summed E-state index contributed by atoms with van der Waals surface area (Å²) in [6.07, 6.45) is 3.00. The van der Waals surface area contributed by atoms with Crippen molar-refractivity contribution in [1.82, 2.24) is 24.5 Å². The molecular formula is C24H21BrFN5O2. The number of benzene rings is 1. The molecule has 1 aromatic carbocycles. The summed E-state index contributed by atoms with van der Waals surface area (Å²) in [5, 5.41) is 3.07. The van der Waals surface area contributed by atoms with Crippen molar-refractivity contribution in [3.8, 4) is 11.1 Å². The summed E-state index contributed by atoms with van der Waals surface area (Å²) in [5.74, 6) is -0.287. The smallest absolute Gasteiger partial charge is 0.272 e. The van der Waals surface area contributed by atoms with Crippen LogP contribution >= 0.6 is 15.9 Å². The van der Waals surface area contributed by atoms with Crippen molar-refractivity contribution in [1.29, 1.82) is 0 Å². The van der Waals surface area contributed by atoms with Gasteiger partial charge in [0.2, 0.25) is 0 Å². The highest BCUT2D eigenvalue weighted by Gasteiger charge is 2.27. The number of piperidine rings is 1. The van der Waals surface area contributed by atoms with E-state index in [1.54, 1.807) is 36.5 Å². The molecule has 4 aromatic rings. The topological polar surface area (TPSA) is 83.4 Å². The predicted molar refractivity (Wildman–Crippen MR) is 126 cm³/mol. The predicted octanol–water partition coefficient (Wildman–Crippen LogP) is 4.31. The number of halogens is 2. The van der Waals surface area contributed by atoms with E-state index in [0.29, 0.717) is 41.7 Å². The number of nitrogens with zero attached hydrogens (tertiary/aromatic N) is 4. The first kappa shape index (κ1) is 21.5. The number of amides is 1. The van der Waals surface area contributed by atoms with Crippen LogP contribution in [0.15, 0.2) is 58.1 Å². The fraction of sp³-hybridized carbons (Fsp3) is 0.250. The number of aromatic amines is 1. The van der Waals surface area contributed by atoms with E-state index >= 15 is 0 Å². The molecule has 1 fully saturated rings. The third-order valence-electron chi connectivity index (χ3n) is 6.12. The largest absolute Gasteiger partial charge is 0.339 e. The number of aryl methyl sites for hydroxylation is 1. The zero-order valence-corrected chi connectivity index (χ0v) is 19.5. The molecule has 0 radical (unpaired) electrons. The van der Waals surface area contributed by atoms with Crippen molar-refractivity contribution in [2.24, 2.45) is 0 Å². The summed E-state index contributed by atoms with van der Waals surface area (Å²) in [6.45, 7) is 3.03. The second-order valence-corrected chi connectivity index (χ2v) is 9.05. The first-order valence-corrected chi connectivity index (χ1v) is 11.5. The van der Waals surface area contributed by atoms with Crippen LogP contribution in [0, 0.1) is 12.7 Å². The molecule has 1 saturated heterocycles. The summed E-state index contributed by atoms with van der Waals surface area (Å²) in [5.41, 5.74) is 3.98. The van der Waals surface area contributed by atoms with E-state index in [2.05, 4.69) is 26.0 Å². The number of carbonyl (C=O) groups is 1. The van der Waals surface area contributed by atoms with Gasteiger partial charge in [-0.1, -0.05) is 12.1 Å². The standard InChI is InChI=1S/C24H21BrFN5O2/c1-14-22(16-2-5-18(26)6-3-16)23-28-19(12-21(32)31(23)29-14)15-8-10-30(11-9-15)24(33)17-4-7-20(25)27-13-17/h2-7,12-13,15,29H,8-11H2,1H3. The summed E-state index contributed by atoms with van der Waals surface area (Å²) >= 11 is 3.28. The van der Waals surface area contributed by atoms with E-state index in [0.717, 1.165) is 22.5 Å². The zero-order chi connectivity index (χ0) is 23.1. The lowest BCUT2D eigenvalue weighted by Gasteiger charge is -2.31. The van der Waals surface area contributed by atoms with Crippen LogP contribution in [0.4, 0.5) is 4.39 Å². The van der Waals surface area contributed by atoms with Gasteiger partial charge in [-0.3, -0.25) is 14.7 Å². The number of H-pyrrole nitrogens is 1. The summed E-state index contributed by atoms with van der Waals surface area (Å²) in [6, 6.07) is 11.2. The monoisotopic (exact) mass is 509 g/mol. The van der Waals surface area contributed by atoms with Crippen molar-refractivity contribution in [2.45, 2.75) is 25.7 Å². The first-order valence-electron chi connectivity index (χ1n) is 10.7. The van der Waals surface area contributed by atoms with Gasteiger partial charge >= 0.3 is 0 Å². The summed E-state index contributed by atoms with van der Waals surface area (Å²) < 4.78 is 15.5. The second-order valence-electron chi connectivity index (χ2n) is 8.23. The number of nitrogens with one attached hydrogen (secondary N) is 1. The van der Waals surface area contributed by atoms with Gasteiger partial charge in [-0.25, -0.2) is 18.9 Å². The van der Waals surface area contributed by atoms with E-state index in [-0.39, 0.29) is 23.2 Å². The Morgan fingerprint density at radius 1 is 1.15 bits per heavy atom. The lowest BCUT2D eigenvalue weighted by molar-refractivity contribution is 0.0711. The second kappa shape index (κ2) is 8.55. The lowest BCUT2D eigenvalue weighted by Crippen LogP contribution is -2.38. The highest BCUT2D eigenvalue weighted by Crippen LogP contribution is 2.30. The third kappa shape index (κ3) is 4.08. The molecule has 0 aliphatic carbocycles. The van der Waals surface area contributed by atoms with Gasteiger partial charge in [-0.05, 0) is 65.5 Å². The van der Waals surface area contributed by atoms with Gasteiger partial charge in [-0.15, -0.1) is 0 Å². The number of rotatable bonds is 3. The van der Waals surface area contributed by atoms with E-state index in [9.17, 15) is 14.0 Å². The highest BCUT2D eigenvalue weighted by atomic mass is 79.9. The molecule has 1 aliphatic heterocycles. The van der Waals surface area contributed by atoms with E-state index in [1.807, 2.05) is 11.8 Å². The number of likely N-dealkylation sites (tertiary alicyclic amines) is 1. The normalized spacial score (nSPS) is 14.7. The van der Waals surface area contributed by atoms with Crippen LogP contribution in [0.5, 0.6) is 0 Å².